The lowest BCUT2D eigenvalue weighted by Gasteiger charge is -2.12. The number of nitrogens with two attached hydrogens (primary N) is 1. The molecule has 6 heteroatoms. The Balaban J connectivity index is 2.10. The van der Waals surface area contributed by atoms with Gasteiger partial charge in [0.05, 0.1) is 18.4 Å². The second-order valence-electron chi connectivity index (χ2n) is 4.40. The molecule has 0 spiro atoms. The zero-order chi connectivity index (χ0) is 14.0. The Morgan fingerprint density at radius 2 is 2.21 bits per heavy atom. The van der Waals surface area contributed by atoms with Gasteiger partial charge >= 0.3 is 5.97 Å². The molecular formula is C13H16N2O4. The maximum Gasteiger partial charge on any atom is 0.339 e. The summed E-state index contributed by atoms with van der Waals surface area (Å²) >= 11 is 0. The number of likely N-dealkylation sites (N-methyl/N-ethyl adjacent to an activating group) is 1. The van der Waals surface area contributed by atoms with E-state index in [0.717, 1.165) is 0 Å². The molecule has 1 saturated heterocycles. The topological polar surface area (TPSA) is 81.9 Å². The average molecular weight is 264 g/mol. The van der Waals surface area contributed by atoms with Crippen LogP contribution < -0.4 is 10.5 Å². The predicted molar refractivity (Wildman–Crippen MR) is 68.9 cm³/mol. The summed E-state index contributed by atoms with van der Waals surface area (Å²) in [4.78, 5) is 25.1. The Kier molecular flexibility index (Phi) is 3.59. The van der Waals surface area contributed by atoms with Crippen LogP contribution in [-0.4, -0.2) is 43.6 Å². The van der Waals surface area contributed by atoms with Crippen LogP contribution >= 0.6 is 0 Å². The number of hydrogen-bond donors (Lipinski definition) is 1. The number of ether oxygens (including phenoxy) is 2. The summed E-state index contributed by atoms with van der Waals surface area (Å²) in [6.07, 6.45) is -0.172. The number of nitrogens with zero attached hydrogens (tertiary/aromatic N) is 1. The van der Waals surface area contributed by atoms with Crippen LogP contribution in [0.4, 0.5) is 5.69 Å². The minimum atomic E-state index is -0.693. The lowest BCUT2D eigenvalue weighted by Crippen LogP contribution is -2.29. The van der Waals surface area contributed by atoms with E-state index >= 15 is 0 Å². The molecule has 1 unspecified atom stereocenters. The molecule has 19 heavy (non-hydrogen) atoms. The van der Waals surface area contributed by atoms with Crippen molar-refractivity contribution in [2.45, 2.75) is 12.5 Å². The summed E-state index contributed by atoms with van der Waals surface area (Å²) in [5.74, 6) is -0.313. The van der Waals surface area contributed by atoms with Crippen molar-refractivity contribution < 1.29 is 19.1 Å². The number of methoxy groups -OCH3 is 1. The SMILES string of the molecule is COc1cc(C(=O)OC2CCN(C)C2=O)ccc1N. The minimum absolute atomic E-state index is 0.171. The first-order valence-corrected chi connectivity index (χ1v) is 5.92. The molecule has 0 bridgehead atoms. The molecule has 0 aromatic heterocycles. The molecule has 0 aliphatic carbocycles. The number of benzene rings is 1. The van der Waals surface area contributed by atoms with Gasteiger partial charge in [-0.2, -0.15) is 0 Å². The third-order valence-corrected chi connectivity index (χ3v) is 3.10. The summed E-state index contributed by atoms with van der Waals surface area (Å²) in [6.45, 7) is 0.599. The predicted octanol–water partition coefficient (Wildman–Crippen LogP) is 0.665. The number of hydrogen-bond acceptors (Lipinski definition) is 5. The summed E-state index contributed by atoms with van der Waals surface area (Å²) in [7, 11) is 3.15. The van der Waals surface area contributed by atoms with Crippen molar-refractivity contribution in [3.05, 3.63) is 23.8 Å². The van der Waals surface area contributed by atoms with Crippen molar-refractivity contribution in [1.29, 1.82) is 0 Å². The van der Waals surface area contributed by atoms with Crippen LogP contribution in [0.2, 0.25) is 0 Å². The van der Waals surface area contributed by atoms with E-state index in [0.29, 0.717) is 30.0 Å². The molecule has 102 valence electrons. The minimum Gasteiger partial charge on any atom is -0.495 e. The lowest BCUT2D eigenvalue weighted by atomic mass is 10.2. The average Bonchev–Trinajstić information content (AvgIpc) is 2.71. The maximum atomic E-state index is 11.9. The molecule has 1 aromatic carbocycles. The van der Waals surface area contributed by atoms with Crippen LogP contribution in [0.5, 0.6) is 5.75 Å². The normalized spacial score (nSPS) is 18.5. The van der Waals surface area contributed by atoms with Gasteiger partial charge in [-0.3, -0.25) is 4.79 Å². The molecule has 1 aliphatic rings. The number of anilines is 1. The van der Waals surface area contributed by atoms with Crippen molar-refractivity contribution in [3.8, 4) is 5.75 Å². The molecule has 0 saturated carbocycles. The van der Waals surface area contributed by atoms with Crippen molar-refractivity contribution in [1.82, 2.24) is 4.90 Å². The van der Waals surface area contributed by atoms with E-state index in [1.54, 1.807) is 24.1 Å². The van der Waals surface area contributed by atoms with Crippen LogP contribution in [0.1, 0.15) is 16.8 Å². The molecule has 1 fully saturated rings. The fourth-order valence-corrected chi connectivity index (χ4v) is 1.94. The molecule has 1 heterocycles. The molecule has 1 aliphatic heterocycles. The number of amides is 1. The molecule has 1 aromatic rings. The highest BCUT2D eigenvalue weighted by Crippen LogP contribution is 2.23. The van der Waals surface area contributed by atoms with Crippen molar-refractivity contribution >= 4 is 17.6 Å². The van der Waals surface area contributed by atoms with E-state index in [2.05, 4.69) is 0 Å². The molecular weight excluding hydrogens is 248 g/mol. The van der Waals surface area contributed by atoms with Gasteiger partial charge in [0.25, 0.3) is 5.91 Å². The van der Waals surface area contributed by atoms with E-state index in [9.17, 15) is 9.59 Å². The third kappa shape index (κ3) is 2.62. The first kappa shape index (κ1) is 13.2. The Hall–Kier alpha value is -2.24. The Morgan fingerprint density at radius 3 is 2.79 bits per heavy atom. The number of likely N-dealkylation sites (tertiary alicyclic amines) is 1. The quantitative estimate of drug-likeness (QED) is 0.640. The molecule has 1 atom stereocenters. The first-order valence-electron chi connectivity index (χ1n) is 5.92. The smallest absolute Gasteiger partial charge is 0.339 e. The summed E-state index contributed by atoms with van der Waals surface area (Å²) in [6, 6.07) is 4.61. The Labute approximate surface area is 111 Å². The van der Waals surface area contributed by atoms with Crippen LogP contribution in [0.15, 0.2) is 18.2 Å². The first-order chi connectivity index (χ1) is 9.02. The molecule has 1 amide bonds. The molecule has 2 rings (SSSR count). The summed E-state index contributed by atoms with van der Waals surface area (Å²) in [5, 5.41) is 0. The number of carbonyl (C=O) groups is 2. The van der Waals surface area contributed by atoms with Gasteiger partial charge in [-0.25, -0.2) is 4.79 Å². The van der Waals surface area contributed by atoms with Gasteiger partial charge in [-0.15, -0.1) is 0 Å². The zero-order valence-corrected chi connectivity index (χ0v) is 10.9. The van der Waals surface area contributed by atoms with Crippen LogP contribution in [-0.2, 0) is 9.53 Å². The van der Waals surface area contributed by atoms with Gasteiger partial charge in [-0.1, -0.05) is 0 Å². The van der Waals surface area contributed by atoms with Crippen molar-refractivity contribution in [2.75, 3.05) is 26.4 Å². The van der Waals surface area contributed by atoms with Crippen molar-refractivity contribution in [2.24, 2.45) is 0 Å². The summed E-state index contributed by atoms with van der Waals surface area (Å²) in [5.41, 5.74) is 6.42. The zero-order valence-electron chi connectivity index (χ0n) is 10.9. The highest BCUT2D eigenvalue weighted by Gasteiger charge is 2.32. The van der Waals surface area contributed by atoms with Crippen LogP contribution in [0, 0.1) is 0 Å². The van der Waals surface area contributed by atoms with Crippen LogP contribution in [0.3, 0.4) is 0 Å². The highest BCUT2D eigenvalue weighted by atomic mass is 16.5. The monoisotopic (exact) mass is 264 g/mol. The number of rotatable bonds is 3. The van der Waals surface area contributed by atoms with Gasteiger partial charge < -0.3 is 20.1 Å². The van der Waals surface area contributed by atoms with E-state index < -0.39 is 12.1 Å². The maximum absolute atomic E-state index is 11.9. The Morgan fingerprint density at radius 1 is 1.47 bits per heavy atom. The van der Waals surface area contributed by atoms with Gasteiger partial charge in [0.2, 0.25) is 0 Å². The number of esters is 1. The molecule has 0 radical (unpaired) electrons. The molecule has 2 N–H and O–H groups in total. The molecule has 6 nitrogen and oxygen atoms in total. The third-order valence-electron chi connectivity index (χ3n) is 3.10. The van der Waals surface area contributed by atoms with E-state index in [-0.39, 0.29) is 5.91 Å². The largest absolute Gasteiger partial charge is 0.495 e. The van der Waals surface area contributed by atoms with E-state index in [4.69, 9.17) is 15.2 Å². The fourth-order valence-electron chi connectivity index (χ4n) is 1.94. The van der Waals surface area contributed by atoms with Crippen LogP contribution in [0.25, 0.3) is 0 Å². The van der Waals surface area contributed by atoms with Gasteiger partial charge in [0.15, 0.2) is 6.10 Å². The van der Waals surface area contributed by atoms with Crippen molar-refractivity contribution in [3.63, 3.8) is 0 Å². The van der Waals surface area contributed by atoms with E-state index in [1.165, 1.54) is 13.2 Å². The van der Waals surface area contributed by atoms with E-state index in [1.807, 2.05) is 0 Å². The van der Waals surface area contributed by atoms with Gasteiger partial charge in [-0.05, 0) is 18.2 Å². The number of nitrogen functional groups attached to an aromatic ring is 1. The lowest BCUT2D eigenvalue weighted by molar-refractivity contribution is -0.133. The second kappa shape index (κ2) is 5.17. The summed E-state index contributed by atoms with van der Waals surface area (Å²) < 4.78 is 10.2. The number of carbonyl (C=O) groups excluding carboxylic acids is 2. The fraction of sp³-hybridized carbons (Fsp3) is 0.385. The van der Waals surface area contributed by atoms with Gasteiger partial charge in [0, 0.05) is 20.0 Å². The standard InChI is InChI=1S/C13H16N2O4/c1-15-6-5-10(12(15)16)19-13(17)8-3-4-9(14)11(7-8)18-2/h3-4,7,10H,5-6,14H2,1-2H3. The highest BCUT2D eigenvalue weighted by molar-refractivity contribution is 5.93. The Bertz CT molecular complexity index is 515. The second-order valence-corrected chi connectivity index (χ2v) is 4.40. The van der Waals surface area contributed by atoms with Gasteiger partial charge in [0.1, 0.15) is 5.75 Å².